The summed E-state index contributed by atoms with van der Waals surface area (Å²) in [5, 5.41) is 6.80. The molecule has 8 heteroatoms. The maximum atomic E-state index is 11.9. The average molecular weight is 287 g/mol. The molecule has 0 saturated heterocycles. The second kappa shape index (κ2) is 5.05. The fourth-order valence-electron chi connectivity index (χ4n) is 1.33. The van der Waals surface area contributed by atoms with Gasteiger partial charge in [0, 0.05) is 24.0 Å². The van der Waals surface area contributed by atoms with Gasteiger partial charge in [-0.25, -0.2) is 18.1 Å². The number of rotatable bonds is 4. The van der Waals surface area contributed by atoms with Crippen molar-refractivity contribution in [2.24, 2.45) is 0 Å². The summed E-state index contributed by atoms with van der Waals surface area (Å²) < 4.78 is 26.3. The van der Waals surface area contributed by atoms with Gasteiger partial charge in [0.25, 0.3) is 0 Å². The minimum Gasteiger partial charge on any atom is -0.283 e. The Balaban J connectivity index is 2.13. The smallest absolute Gasteiger partial charge is 0.242 e. The molecule has 0 spiro atoms. The van der Waals surface area contributed by atoms with E-state index in [1.165, 1.54) is 18.3 Å². The summed E-state index contributed by atoms with van der Waals surface area (Å²) in [4.78, 5) is 3.81. The molecule has 0 amide bonds. The van der Waals surface area contributed by atoms with Crippen molar-refractivity contribution >= 4 is 21.6 Å². The molecule has 0 unspecified atom stereocenters. The predicted octanol–water partition coefficient (Wildman–Crippen LogP) is 1.25. The first-order valence-corrected chi connectivity index (χ1v) is 6.95. The van der Waals surface area contributed by atoms with Gasteiger partial charge in [0.1, 0.15) is 10.0 Å². The molecule has 0 fully saturated rings. The van der Waals surface area contributed by atoms with Gasteiger partial charge in [0.15, 0.2) is 0 Å². The monoisotopic (exact) mass is 286 g/mol. The SMILES string of the molecule is Cc1[nH]ncc1CNS(=O)(=O)c1ccc(Cl)nc1. The van der Waals surface area contributed by atoms with E-state index in [1.807, 2.05) is 6.92 Å². The van der Waals surface area contributed by atoms with E-state index in [-0.39, 0.29) is 16.6 Å². The summed E-state index contributed by atoms with van der Waals surface area (Å²) >= 11 is 5.60. The highest BCUT2D eigenvalue weighted by Crippen LogP contribution is 2.11. The van der Waals surface area contributed by atoms with Gasteiger partial charge < -0.3 is 0 Å². The van der Waals surface area contributed by atoms with Gasteiger partial charge in [0.2, 0.25) is 10.0 Å². The van der Waals surface area contributed by atoms with Crippen molar-refractivity contribution in [3.05, 3.63) is 40.9 Å². The topological polar surface area (TPSA) is 87.7 Å². The zero-order valence-electron chi connectivity index (χ0n) is 9.51. The fourth-order valence-corrected chi connectivity index (χ4v) is 2.39. The fraction of sp³-hybridized carbons (Fsp3) is 0.200. The van der Waals surface area contributed by atoms with E-state index < -0.39 is 10.0 Å². The molecular formula is C10H11ClN4O2S. The van der Waals surface area contributed by atoms with Crippen LogP contribution in [0.1, 0.15) is 11.3 Å². The molecule has 96 valence electrons. The summed E-state index contributed by atoms with van der Waals surface area (Å²) in [5.41, 5.74) is 1.62. The van der Waals surface area contributed by atoms with Gasteiger partial charge in [-0.1, -0.05) is 11.6 Å². The van der Waals surface area contributed by atoms with E-state index in [0.717, 1.165) is 11.3 Å². The largest absolute Gasteiger partial charge is 0.283 e. The number of sulfonamides is 1. The van der Waals surface area contributed by atoms with E-state index in [9.17, 15) is 8.42 Å². The van der Waals surface area contributed by atoms with Crippen molar-refractivity contribution in [2.45, 2.75) is 18.4 Å². The van der Waals surface area contributed by atoms with Crippen molar-refractivity contribution in [1.29, 1.82) is 0 Å². The van der Waals surface area contributed by atoms with Crippen LogP contribution in [-0.2, 0) is 16.6 Å². The van der Waals surface area contributed by atoms with Crippen LogP contribution < -0.4 is 4.72 Å². The highest BCUT2D eigenvalue weighted by atomic mass is 35.5. The van der Waals surface area contributed by atoms with Crippen LogP contribution in [0.5, 0.6) is 0 Å². The van der Waals surface area contributed by atoms with E-state index >= 15 is 0 Å². The summed E-state index contributed by atoms with van der Waals surface area (Å²) in [7, 11) is -3.58. The number of pyridine rings is 1. The van der Waals surface area contributed by atoms with Crippen LogP contribution in [0.3, 0.4) is 0 Å². The van der Waals surface area contributed by atoms with Gasteiger partial charge in [-0.2, -0.15) is 5.10 Å². The van der Waals surface area contributed by atoms with E-state index in [1.54, 1.807) is 6.20 Å². The number of nitrogens with zero attached hydrogens (tertiary/aromatic N) is 2. The number of hydrogen-bond acceptors (Lipinski definition) is 4. The second-order valence-corrected chi connectivity index (χ2v) is 5.82. The number of nitrogens with one attached hydrogen (secondary N) is 2. The van der Waals surface area contributed by atoms with Crippen LogP contribution in [0.25, 0.3) is 0 Å². The van der Waals surface area contributed by atoms with Crippen molar-refractivity contribution in [1.82, 2.24) is 19.9 Å². The third-order valence-electron chi connectivity index (χ3n) is 2.40. The molecule has 0 bridgehead atoms. The van der Waals surface area contributed by atoms with Crippen molar-refractivity contribution < 1.29 is 8.42 Å². The number of halogens is 1. The van der Waals surface area contributed by atoms with Gasteiger partial charge in [0.05, 0.1) is 6.20 Å². The zero-order chi connectivity index (χ0) is 13.2. The molecule has 0 radical (unpaired) electrons. The van der Waals surface area contributed by atoms with Crippen molar-refractivity contribution in [3.8, 4) is 0 Å². The Morgan fingerprint density at radius 2 is 2.17 bits per heavy atom. The van der Waals surface area contributed by atoms with E-state index in [0.29, 0.717) is 0 Å². The van der Waals surface area contributed by atoms with Gasteiger partial charge >= 0.3 is 0 Å². The van der Waals surface area contributed by atoms with Crippen LogP contribution in [0.15, 0.2) is 29.4 Å². The maximum absolute atomic E-state index is 11.9. The van der Waals surface area contributed by atoms with Gasteiger partial charge in [-0.3, -0.25) is 5.10 Å². The summed E-state index contributed by atoms with van der Waals surface area (Å²) in [6.45, 7) is 1.99. The van der Waals surface area contributed by atoms with Crippen molar-refractivity contribution in [3.63, 3.8) is 0 Å². The standard InChI is InChI=1S/C10H11ClN4O2S/c1-7-8(4-13-15-7)5-14-18(16,17)9-2-3-10(11)12-6-9/h2-4,6,14H,5H2,1H3,(H,13,15). The maximum Gasteiger partial charge on any atom is 0.242 e. The Kier molecular flexibility index (Phi) is 3.65. The third kappa shape index (κ3) is 2.87. The Hall–Kier alpha value is -1.44. The van der Waals surface area contributed by atoms with E-state index in [4.69, 9.17) is 11.6 Å². The minimum absolute atomic E-state index is 0.0769. The van der Waals surface area contributed by atoms with Gasteiger partial charge in [-0.05, 0) is 19.1 Å². The Bertz CT molecular complexity index is 636. The second-order valence-electron chi connectivity index (χ2n) is 3.66. The Morgan fingerprint density at radius 1 is 1.39 bits per heavy atom. The molecule has 2 N–H and O–H groups in total. The minimum atomic E-state index is -3.58. The number of aromatic amines is 1. The molecular weight excluding hydrogens is 276 g/mol. The molecule has 0 saturated carbocycles. The van der Waals surface area contributed by atoms with Crippen molar-refractivity contribution in [2.75, 3.05) is 0 Å². The van der Waals surface area contributed by atoms with Crippen LogP contribution in [0.2, 0.25) is 5.15 Å². The number of aromatic nitrogens is 3. The van der Waals surface area contributed by atoms with Crippen LogP contribution in [0, 0.1) is 6.92 Å². The first-order valence-electron chi connectivity index (χ1n) is 5.09. The Morgan fingerprint density at radius 3 is 2.72 bits per heavy atom. The molecule has 0 aromatic carbocycles. The first kappa shape index (κ1) is 13.0. The van der Waals surface area contributed by atoms with Crippen LogP contribution >= 0.6 is 11.6 Å². The quantitative estimate of drug-likeness (QED) is 0.828. The normalized spacial score (nSPS) is 11.7. The summed E-state index contributed by atoms with van der Waals surface area (Å²) in [6.07, 6.45) is 2.80. The molecule has 2 rings (SSSR count). The van der Waals surface area contributed by atoms with E-state index in [2.05, 4.69) is 19.9 Å². The first-order chi connectivity index (χ1) is 8.49. The molecule has 0 aliphatic rings. The lowest BCUT2D eigenvalue weighted by Crippen LogP contribution is -2.23. The third-order valence-corrected chi connectivity index (χ3v) is 4.01. The lowest BCUT2D eigenvalue weighted by Gasteiger charge is -2.05. The summed E-state index contributed by atoms with van der Waals surface area (Å²) in [6, 6.07) is 2.83. The molecule has 2 aromatic heterocycles. The summed E-state index contributed by atoms with van der Waals surface area (Å²) in [5.74, 6) is 0. The lowest BCUT2D eigenvalue weighted by atomic mass is 10.3. The highest BCUT2D eigenvalue weighted by molar-refractivity contribution is 7.89. The van der Waals surface area contributed by atoms with Crippen LogP contribution in [-0.4, -0.2) is 23.6 Å². The molecule has 6 nitrogen and oxygen atoms in total. The molecule has 2 heterocycles. The number of H-pyrrole nitrogens is 1. The molecule has 0 atom stereocenters. The highest BCUT2D eigenvalue weighted by Gasteiger charge is 2.14. The molecule has 0 aliphatic carbocycles. The number of aryl methyl sites for hydroxylation is 1. The van der Waals surface area contributed by atoms with Crippen LogP contribution in [0.4, 0.5) is 0 Å². The molecule has 2 aromatic rings. The zero-order valence-corrected chi connectivity index (χ0v) is 11.1. The lowest BCUT2D eigenvalue weighted by molar-refractivity contribution is 0.581. The predicted molar refractivity (Wildman–Crippen MR) is 66.6 cm³/mol. The average Bonchev–Trinajstić information content (AvgIpc) is 2.73. The van der Waals surface area contributed by atoms with Gasteiger partial charge in [-0.15, -0.1) is 0 Å². The molecule has 18 heavy (non-hydrogen) atoms. The Labute approximate surface area is 109 Å². The number of hydrogen-bond donors (Lipinski definition) is 2. The molecule has 0 aliphatic heterocycles.